The second-order valence-electron chi connectivity index (χ2n) is 2.37. The molecular weight excluding hydrogens is 224 g/mol. The predicted octanol–water partition coefficient (Wildman–Crippen LogP) is 0.817. The van der Waals surface area contributed by atoms with Gasteiger partial charge >= 0.3 is 0 Å². The molecule has 0 saturated heterocycles. The van der Waals surface area contributed by atoms with Crippen LogP contribution in [0.3, 0.4) is 0 Å². The third-order valence-corrected chi connectivity index (χ3v) is 4.74. The molecule has 0 aliphatic rings. The first-order valence-electron chi connectivity index (χ1n) is 3.73. The van der Waals surface area contributed by atoms with Crippen LogP contribution in [0, 0.1) is 11.3 Å². The summed E-state index contributed by atoms with van der Waals surface area (Å²) < 4.78 is 31.4. The van der Waals surface area contributed by atoms with Crippen molar-refractivity contribution in [1.82, 2.24) is 4.37 Å². The van der Waals surface area contributed by atoms with Gasteiger partial charge in [-0.15, -0.1) is 0 Å². The van der Waals surface area contributed by atoms with Crippen LogP contribution in [0.15, 0.2) is 4.21 Å². The van der Waals surface area contributed by atoms with E-state index in [1.165, 1.54) is 14.0 Å². The SMILES string of the molecule is CCS(=O)(=O)c1snc(OC)c1C#N. The van der Waals surface area contributed by atoms with E-state index in [1.54, 1.807) is 6.07 Å². The number of ether oxygens (including phenoxy) is 1. The van der Waals surface area contributed by atoms with Crippen LogP contribution in [0.5, 0.6) is 5.88 Å². The molecule has 7 heteroatoms. The highest BCUT2D eigenvalue weighted by atomic mass is 32.2. The minimum Gasteiger partial charge on any atom is -0.479 e. The van der Waals surface area contributed by atoms with E-state index in [4.69, 9.17) is 10.00 Å². The Labute approximate surface area is 86.0 Å². The molecule has 1 rings (SSSR count). The average molecular weight is 232 g/mol. The van der Waals surface area contributed by atoms with Crippen molar-refractivity contribution >= 4 is 21.4 Å². The molecule has 0 atom stereocenters. The monoisotopic (exact) mass is 232 g/mol. The highest BCUT2D eigenvalue weighted by Gasteiger charge is 2.24. The Morgan fingerprint density at radius 3 is 2.71 bits per heavy atom. The number of aromatic nitrogens is 1. The number of methoxy groups -OCH3 is 1. The van der Waals surface area contributed by atoms with Crippen molar-refractivity contribution in [1.29, 1.82) is 5.26 Å². The van der Waals surface area contributed by atoms with E-state index in [1.807, 2.05) is 0 Å². The first-order valence-corrected chi connectivity index (χ1v) is 6.16. The van der Waals surface area contributed by atoms with Crippen molar-refractivity contribution in [2.75, 3.05) is 12.9 Å². The molecule has 0 aliphatic heterocycles. The van der Waals surface area contributed by atoms with Gasteiger partial charge in [-0.2, -0.15) is 9.64 Å². The minimum absolute atomic E-state index is 0.000602. The van der Waals surface area contributed by atoms with Gasteiger partial charge in [0.05, 0.1) is 12.9 Å². The van der Waals surface area contributed by atoms with Crippen LogP contribution in [-0.2, 0) is 9.84 Å². The molecule has 14 heavy (non-hydrogen) atoms. The van der Waals surface area contributed by atoms with Gasteiger partial charge in [-0.05, 0) is 11.5 Å². The topological polar surface area (TPSA) is 80.1 Å². The van der Waals surface area contributed by atoms with E-state index < -0.39 is 9.84 Å². The molecule has 0 unspecified atom stereocenters. The molecule has 0 aliphatic carbocycles. The van der Waals surface area contributed by atoms with Crippen molar-refractivity contribution in [3.05, 3.63) is 5.56 Å². The number of hydrogen-bond donors (Lipinski definition) is 0. The van der Waals surface area contributed by atoms with Crippen molar-refractivity contribution in [2.45, 2.75) is 11.1 Å². The third-order valence-electron chi connectivity index (χ3n) is 1.60. The van der Waals surface area contributed by atoms with E-state index in [0.29, 0.717) is 0 Å². The van der Waals surface area contributed by atoms with Crippen LogP contribution in [0.4, 0.5) is 0 Å². The molecule has 5 nitrogen and oxygen atoms in total. The molecule has 0 N–H and O–H groups in total. The van der Waals surface area contributed by atoms with Crippen molar-refractivity contribution in [3.8, 4) is 11.9 Å². The molecule has 76 valence electrons. The first-order chi connectivity index (χ1) is 6.56. The normalized spacial score (nSPS) is 10.9. The lowest BCUT2D eigenvalue weighted by Gasteiger charge is -1.96. The van der Waals surface area contributed by atoms with Crippen LogP contribution in [0.2, 0.25) is 0 Å². The second-order valence-corrected chi connectivity index (χ2v) is 5.62. The Bertz CT molecular complexity index is 470. The summed E-state index contributed by atoms with van der Waals surface area (Å²) in [6.07, 6.45) is 0. The van der Waals surface area contributed by atoms with Crippen LogP contribution in [-0.4, -0.2) is 25.7 Å². The zero-order valence-electron chi connectivity index (χ0n) is 7.64. The number of nitriles is 1. The summed E-state index contributed by atoms with van der Waals surface area (Å²) in [5.41, 5.74) is -0.000602. The summed E-state index contributed by atoms with van der Waals surface area (Å²) in [5, 5.41) is 8.75. The number of hydrogen-bond acceptors (Lipinski definition) is 6. The van der Waals surface area contributed by atoms with Crippen LogP contribution in [0.25, 0.3) is 0 Å². The Kier molecular flexibility index (Phi) is 3.08. The quantitative estimate of drug-likeness (QED) is 0.770. The number of sulfone groups is 1. The average Bonchev–Trinajstić information content (AvgIpc) is 2.60. The predicted molar refractivity (Wildman–Crippen MR) is 51.1 cm³/mol. The van der Waals surface area contributed by atoms with E-state index >= 15 is 0 Å². The van der Waals surface area contributed by atoms with E-state index in [2.05, 4.69) is 4.37 Å². The molecule has 1 heterocycles. The van der Waals surface area contributed by atoms with Crippen LogP contribution < -0.4 is 4.74 Å². The molecule has 0 aromatic carbocycles. The molecule has 0 spiro atoms. The van der Waals surface area contributed by atoms with Crippen LogP contribution in [0.1, 0.15) is 12.5 Å². The summed E-state index contributed by atoms with van der Waals surface area (Å²) in [6.45, 7) is 1.52. The molecule has 0 amide bonds. The lowest BCUT2D eigenvalue weighted by atomic mass is 10.4. The maximum atomic E-state index is 11.5. The largest absolute Gasteiger partial charge is 0.479 e. The Morgan fingerprint density at radius 2 is 2.29 bits per heavy atom. The zero-order chi connectivity index (χ0) is 10.8. The summed E-state index contributed by atoms with van der Waals surface area (Å²) in [4.78, 5) is 0. The summed E-state index contributed by atoms with van der Waals surface area (Å²) in [5.74, 6) is 0.0251. The number of nitrogens with zero attached hydrogens (tertiary/aromatic N) is 2. The maximum absolute atomic E-state index is 11.5. The number of rotatable bonds is 3. The maximum Gasteiger partial charge on any atom is 0.244 e. The zero-order valence-corrected chi connectivity index (χ0v) is 9.28. The molecule has 1 aromatic heterocycles. The molecule has 1 aromatic rings. The third kappa shape index (κ3) is 1.71. The highest BCUT2D eigenvalue weighted by molar-refractivity contribution is 7.93. The molecular formula is C7H8N2O3S2. The summed E-state index contributed by atoms with van der Waals surface area (Å²) in [6, 6.07) is 1.78. The van der Waals surface area contributed by atoms with E-state index in [-0.39, 0.29) is 21.4 Å². The van der Waals surface area contributed by atoms with Gasteiger partial charge in [0.1, 0.15) is 11.6 Å². The molecule has 0 fully saturated rings. The Morgan fingerprint density at radius 1 is 1.64 bits per heavy atom. The van der Waals surface area contributed by atoms with Gasteiger partial charge in [0.15, 0.2) is 14.0 Å². The van der Waals surface area contributed by atoms with Gasteiger partial charge in [0, 0.05) is 0 Å². The van der Waals surface area contributed by atoms with Crippen molar-refractivity contribution in [2.24, 2.45) is 0 Å². The van der Waals surface area contributed by atoms with Gasteiger partial charge in [-0.25, -0.2) is 8.42 Å². The lowest BCUT2D eigenvalue weighted by molar-refractivity contribution is 0.400. The fourth-order valence-corrected chi connectivity index (χ4v) is 3.02. The molecule has 0 bridgehead atoms. The standard InChI is InChI=1S/C7H8N2O3S2/c1-3-14(10,11)7-5(4-8)6(12-2)9-13-7/h3H2,1-2H3. The fourth-order valence-electron chi connectivity index (χ4n) is 0.838. The van der Waals surface area contributed by atoms with Crippen LogP contribution >= 0.6 is 11.5 Å². The first kappa shape index (κ1) is 10.9. The van der Waals surface area contributed by atoms with Crippen molar-refractivity contribution < 1.29 is 13.2 Å². The molecule has 0 radical (unpaired) electrons. The van der Waals surface area contributed by atoms with Crippen molar-refractivity contribution in [3.63, 3.8) is 0 Å². The smallest absolute Gasteiger partial charge is 0.244 e. The van der Waals surface area contributed by atoms with Gasteiger partial charge in [0.2, 0.25) is 5.88 Å². The summed E-state index contributed by atoms with van der Waals surface area (Å²) >= 11 is 0.771. The fraction of sp³-hybridized carbons (Fsp3) is 0.429. The van der Waals surface area contributed by atoms with Gasteiger partial charge in [0.25, 0.3) is 0 Å². The summed E-state index contributed by atoms with van der Waals surface area (Å²) in [7, 11) is -2.03. The highest BCUT2D eigenvalue weighted by Crippen LogP contribution is 2.29. The lowest BCUT2D eigenvalue weighted by Crippen LogP contribution is -2.03. The molecule has 0 saturated carbocycles. The van der Waals surface area contributed by atoms with Gasteiger partial charge in [-0.1, -0.05) is 6.92 Å². The minimum atomic E-state index is -3.38. The Hall–Kier alpha value is -1.13. The van der Waals surface area contributed by atoms with E-state index in [9.17, 15) is 8.42 Å². The Balaban J connectivity index is 3.39. The van der Waals surface area contributed by atoms with E-state index in [0.717, 1.165) is 11.5 Å². The second kappa shape index (κ2) is 3.94. The van der Waals surface area contributed by atoms with Gasteiger partial charge in [-0.3, -0.25) is 0 Å². The van der Waals surface area contributed by atoms with Gasteiger partial charge < -0.3 is 4.74 Å².